The summed E-state index contributed by atoms with van der Waals surface area (Å²) in [6.45, 7) is 1.85. The van der Waals surface area contributed by atoms with Crippen molar-refractivity contribution in [3.8, 4) is 0 Å². The van der Waals surface area contributed by atoms with Crippen LogP contribution in [0.25, 0.3) is 0 Å². The summed E-state index contributed by atoms with van der Waals surface area (Å²) >= 11 is 3.04. The first-order valence-corrected chi connectivity index (χ1v) is 6.31. The largest absolute Gasteiger partial charge is 0.464 e. The molecule has 0 aliphatic carbocycles. The summed E-state index contributed by atoms with van der Waals surface area (Å²) in [5.74, 6) is -0.396. The zero-order valence-corrected chi connectivity index (χ0v) is 10.4. The van der Waals surface area contributed by atoms with E-state index in [2.05, 4.69) is 15.0 Å². The van der Waals surface area contributed by atoms with Crippen LogP contribution < -0.4 is 5.32 Å². The van der Waals surface area contributed by atoms with E-state index < -0.39 is 5.97 Å². The highest BCUT2D eigenvalue weighted by Crippen LogP contribution is 2.26. The smallest absolute Gasteiger partial charge is 0.357 e. The third-order valence-electron chi connectivity index (χ3n) is 1.95. The zero-order valence-electron chi connectivity index (χ0n) is 8.81. The minimum absolute atomic E-state index is 0.380. The van der Waals surface area contributed by atoms with Crippen molar-refractivity contribution in [3.05, 3.63) is 27.4 Å². The second-order valence-electron chi connectivity index (χ2n) is 3.05. The number of methoxy groups -OCH3 is 1. The van der Waals surface area contributed by atoms with Gasteiger partial charge in [0, 0.05) is 10.3 Å². The molecule has 0 aliphatic heterocycles. The number of carbonyl (C=O) groups is 1. The molecule has 0 aromatic carbocycles. The van der Waals surface area contributed by atoms with Crippen molar-refractivity contribution in [2.75, 3.05) is 12.4 Å². The third kappa shape index (κ3) is 2.23. The number of aryl methyl sites for hydroxylation is 1. The normalized spacial score (nSPS) is 10.1. The number of thiophene rings is 1. The molecule has 0 fully saturated rings. The minimum Gasteiger partial charge on any atom is -0.464 e. The Bertz CT molecular complexity index is 491. The van der Waals surface area contributed by atoms with Crippen LogP contribution in [0.1, 0.15) is 15.4 Å². The molecule has 2 aromatic rings. The van der Waals surface area contributed by atoms with E-state index in [0.717, 1.165) is 10.6 Å². The lowest BCUT2D eigenvalue weighted by molar-refractivity contribution is 0.0594. The quantitative estimate of drug-likeness (QED) is 0.855. The molecule has 0 atom stereocenters. The highest BCUT2D eigenvalue weighted by atomic mass is 32.1. The Hall–Kier alpha value is -1.40. The molecule has 0 amide bonds. The van der Waals surface area contributed by atoms with Crippen LogP contribution in [-0.4, -0.2) is 18.1 Å². The first kappa shape index (κ1) is 11.1. The van der Waals surface area contributed by atoms with Crippen LogP contribution in [0.3, 0.4) is 0 Å². The fourth-order valence-electron chi connectivity index (χ4n) is 1.20. The summed E-state index contributed by atoms with van der Waals surface area (Å²) in [5.41, 5.74) is 1.36. The third-order valence-corrected chi connectivity index (χ3v) is 3.52. The van der Waals surface area contributed by atoms with E-state index in [1.54, 1.807) is 11.3 Å². The lowest BCUT2D eigenvalue weighted by Crippen LogP contribution is -2.03. The van der Waals surface area contributed by atoms with Gasteiger partial charge in [-0.2, -0.15) is 11.3 Å². The second-order valence-corrected chi connectivity index (χ2v) is 5.04. The van der Waals surface area contributed by atoms with Crippen LogP contribution in [0.5, 0.6) is 0 Å². The first-order chi connectivity index (χ1) is 7.70. The Morgan fingerprint density at radius 2 is 2.38 bits per heavy atom. The molecule has 0 saturated heterocycles. The Balaban J connectivity index is 2.21. The molecule has 0 bridgehead atoms. The molecule has 0 spiro atoms. The summed E-state index contributed by atoms with van der Waals surface area (Å²) in [4.78, 5) is 16.4. The highest BCUT2D eigenvalue weighted by molar-refractivity contribution is 7.16. The van der Waals surface area contributed by atoms with Gasteiger partial charge < -0.3 is 10.1 Å². The monoisotopic (exact) mass is 254 g/mol. The number of rotatable bonds is 3. The average Bonchev–Trinajstić information content (AvgIpc) is 2.88. The number of ether oxygens (including phenoxy) is 1. The molecule has 0 radical (unpaired) electrons. The van der Waals surface area contributed by atoms with Crippen LogP contribution in [0, 0.1) is 6.92 Å². The van der Waals surface area contributed by atoms with E-state index in [0.29, 0.717) is 10.8 Å². The van der Waals surface area contributed by atoms with Gasteiger partial charge in [0.05, 0.1) is 12.8 Å². The van der Waals surface area contributed by atoms with Crippen molar-refractivity contribution in [1.29, 1.82) is 0 Å². The number of nitrogens with zero attached hydrogens (tertiary/aromatic N) is 1. The van der Waals surface area contributed by atoms with Crippen LogP contribution in [-0.2, 0) is 4.74 Å². The van der Waals surface area contributed by atoms with Gasteiger partial charge in [0.2, 0.25) is 0 Å². The van der Waals surface area contributed by atoms with E-state index in [9.17, 15) is 4.79 Å². The van der Waals surface area contributed by atoms with Gasteiger partial charge >= 0.3 is 5.97 Å². The van der Waals surface area contributed by atoms with E-state index in [1.165, 1.54) is 18.4 Å². The van der Waals surface area contributed by atoms with Gasteiger partial charge in [-0.05, 0) is 18.4 Å². The van der Waals surface area contributed by atoms with Gasteiger partial charge in [-0.15, -0.1) is 11.3 Å². The van der Waals surface area contributed by atoms with Gasteiger partial charge in [-0.3, -0.25) is 0 Å². The predicted molar refractivity (Wildman–Crippen MR) is 65.8 cm³/mol. The number of hydrogen-bond donors (Lipinski definition) is 1. The Morgan fingerprint density at radius 3 is 3.00 bits per heavy atom. The van der Waals surface area contributed by atoms with Gasteiger partial charge in [-0.25, -0.2) is 9.78 Å². The second kappa shape index (κ2) is 4.63. The lowest BCUT2D eigenvalue weighted by atomic mass is 10.4. The van der Waals surface area contributed by atoms with Crippen molar-refractivity contribution < 1.29 is 9.53 Å². The molecular weight excluding hydrogens is 244 g/mol. The maximum absolute atomic E-state index is 11.3. The topological polar surface area (TPSA) is 51.2 Å². The number of hydrogen-bond acceptors (Lipinski definition) is 6. The highest BCUT2D eigenvalue weighted by Gasteiger charge is 2.15. The molecule has 16 heavy (non-hydrogen) atoms. The molecule has 0 unspecified atom stereocenters. The van der Waals surface area contributed by atoms with Crippen LogP contribution in [0.2, 0.25) is 0 Å². The maximum atomic E-state index is 11.3. The summed E-state index contributed by atoms with van der Waals surface area (Å²) in [5, 5.41) is 7.80. The number of anilines is 2. The maximum Gasteiger partial charge on any atom is 0.357 e. The van der Waals surface area contributed by atoms with E-state index >= 15 is 0 Å². The SMILES string of the molecule is COC(=O)c1nc(Nc2ccsc2)sc1C. The number of esters is 1. The molecule has 1 N–H and O–H groups in total. The Kier molecular flexibility index (Phi) is 3.21. The van der Waals surface area contributed by atoms with Crippen molar-refractivity contribution in [3.63, 3.8) is 0 Å². The fraction of sp³-hybridized carbons (Fsp3) is 0.200. The molecule has 0 saturated carbocycles. The van der Waals surface area contributed by atoms with Gasteiger partial charge in [0.1, 0.15) is 0 Å². The Labute approximate surface area is 101 Å². The molecular formula is C10H10N2O2S2. The molecule has 2 rings (SSSR count). The van der Waals surface area contributed by atoms with E-state index in [-0.39, 0.29) is 0 Å². The number of nitrogens with one attached hydrogen (secondary N) is 1. The van der Waals surface area contributed by atoms with Crippen LogP contribution >= 0.6 is 22.7 Å². The van der Waals surface area contributed by atoms with Crippen molar-refractivity contribution in [1.82, 2.24) is 4.98 Å². The molecule has 84 valence electrons. The predicted octanol–water partition coefficient (Wildman–Crippen LogP) is 3.04. The van der Waals surface area contributed by atoms with Crippen LogP contribution in [0.15, 0.2) is 16.8 Å². The Morgan fingerprint density at radius 1 is 1.56 bits per heavy atom. The summed E-state index contributed by atoms with van der Waals surface area (Å²) < 4.78 is 4.65. The lowest BCUT2D eigenvalue weighted by Gasteiger charge is -1.96. The number of carbonyl (C=O) groups excluding carboxylic acids is 1. The molecule has 0 aliphatic rings. The molecule has 2 aromatic heterocycles. The number of aromatic nitrogens is 1. The van der Waals surface area contributed by atoms with Gasteiger partial charge in [-0.1, -0.05) is 0 Å². The summed E-state index contributed by atoms with van der Waals surface area (Å²) in [7, 11) is 1.35. The van der Waals surface area contributed by atoms with Crippen LogP contribution in [0.4, 0.5) is 10.8 Å². The van der Waals surface area contributed by atoms with E-state index in [1.807, 2.05) is 23.8 Å². The van der Waals surface area contributed by atoms with Gasteiger partial charge in [0.15, 0.2) is 10.8 Å². The summed E-state index contributed by atoms with van der Waals surface area (Å²) in [6, 6.07) is 1.96. The molecule has 4 nitrogen and oxygen atoms in total. The van der Waals surface area contributed by atoms with Crippen molar-refractivity contribution in [2.45, 2.75) is 6.92 Å². The zero-order chi connectivity index (χ0) is 11.5. The van der Waals surface area contributed by atoms with Gasteiger partial charge in [0.25, 0.3) is 0 Å². The number of thiazole rings is 1. The fourth-order valence-corrected chi connectivity index (χ4v) is 2.60. The van der Waals surface area contributed by atoms with E-state index in [4.69, 9.17) is 0 Å². The standard InChI is InChI=1S/C10H10N2O2S2/c1-6-8(9(13)14-2)12-10(16-6)11-7-3-4-15-5-7/h3-5H,1-2H3,(H,11,12). The average molecular weight is 254 g/mol. The van der Waals surface area contributed by atoms with Crippen molar-refractivity contribution >= 4 is 39.5 Å². The van der Waals surface area contributed by atoms with Crippen molar-refractivity contribution in [2.24, 2.45) is 0 Å². The molecule has 2 heterocycles. The minimum atomic E-state index is -0.396. The summed E-state index contributed by atoms with van der Waals surface area (Å²) in [6.07, 6.45) is 0. The molecule has 6 heteroatoms. The first-order valence-electron chi connectivity index (χ1n) is 4.55.